The summed E-state index contributed by atoms with van der Waals surface area (Å²) in [4.78, 5) is 12.1. The zero-order valence-electron chi connectivity index (χ0n) is 29.1. The molecule has 1 unspecified atom stereocenters. The Kier molecular flexibility index (Phi) is 10.7. The van der Waals surface area contributed by atoms with Crippen molar-refractivity contribution < 1.29 is 26.2 Å². The fraction of sp³-hybridized carbons (Fsp3) is 0.0417. The van der Waals surface area contributed by atoms with E-state index in [9.17, 15) is 5.11 Å². The normalized spacial score (nSPS) is 11.3. The van der Waals surface area contributed by atoms with Crippen molar-refractivity contribution in [1.29, 1.82) is 0 Å². The van der Waals surface area contributed by atoms with E-state index in [2.05, 4.69) is 133 Å². The SMILES string of the molecule is CC(c1ccccc1)c1ccc(-c2cc(-c3[c-]c(N(c4ccccc4)c4ccccn4)cc(-c4ccccc4)c3)nc(-c3ccccc3O)c2)cc1.[Pt]. The largest absolute Gasteiger partial charge is 0.507 e. The number of aromatic hydroxyl groups is 1. The van der Waals surface area contributed by atoms with Crippen molar-refractivity contribution in [3.8, 4) is 50.5 Å². The van der Waals surface area contributed by atoms with Crippen LogP contribution in [0.3, 0.4) is 0 Å². The van der Waals surface area contributed by atoms with E-state index < -0.39 is 0 Å². The molecule has 53 heavy (non-hydrogen) atoms. The van der Waals surface area contributed by atoms with Gasteiger partial charge in [0.1, 0.15) is 11.6 Å². The van der Waals surface area contributed by atoms with Gasteiger partial charge in [0, 0.05) is 44.4 Å². The summed E-state index contributed by atoms with van der Waals surface area (Å²) in [6.07, 6.45) is 1.81. The molecular formula is C48H36N3OPt-. The summed E-state index contributed by atoms with van der Waals surface area (Å²) in [5.41, 5.74) is 11.4. The molecule has 0 spiro atoms. The van der Waals surface area contributed by atoms with E-state index in [4.69, 9.17) is 9.97 Å². The van der Waals surface area contributed by atoms with E-state index in [0.29, 0.717) is 11.3 Å². The van der Waals surface area contributed by atoms with Crippen molar-refractivity contribution in [2.45, 2.75) is 12.8 Å². The van der Waals surface area contributed by atoms with Crippen molar-refractivity contribution in [3.63, 3.8) is 0 Å². The zero-order valence-corrected chi connectivity index (χ0v) is 31.4. The van der Waals surface area contributed by atoms with E-state index in [1.807, 2.05) is 66.9 Å². The molecule has 0 radical (unpaired) electrons. The number of benzene rings is 6. The summed E-state index contributed by atoms with van der Waals surface area (Å²) in [7, 11) is 0. The quantitative estimate of drug-likeness (QED) is 0.147. The summed E-state index contributed by atoms with van der Waals surface area (Å²) >= 11 is 0. The van der Waals surface area contributed by atoms with Gasteiger partial charge in [-0.25, -0.2) is 4.98 Å². The van der Waals surface area contributed by atoms with Crippen LogP contribution in [0.1, 0.15) is 24.0 Å². The second-order valence-electron chi connectivity index (χ2n) is 12.8. The number of nitrogens with zero attached hydrogens (tertiary/aromatic N) is 3. The van der Waals surface area contributed by atoms with Gasteiger partial charge in [0.15, 0.2) is 0 Å². The van der Waals surface area contributed by atoms with Gasteiger partial charge >= 0.3 is 0 Å². The van der Waals surface area contributed by atoms with Gasteiger partial charge in [-0.05, 0) is 81.7 Å². The number of phenolic OH excluding ortho intramolecular Hbond substituents is 1. The Morgan fingerprint density at radius 2 is 1.13 bits per heavy atom. The molecule has 1 atom stereocenters. The van der Waals surface area contributed by atoms with E-state index >= 15 is 0 Å². The minimum atomic E-state index is 0. The molecular weight excluding hydrogens is 830 g/mol. The van der Waals surface area contributed by atoms with Crippen LogP contribution < -0.4 is 4.90 Å². The maximum Gasteiger partial charge on any atom is 0.136 e. The first-order chi connectivity index (χ1) is 25.6. The van der Waals surface area contributed by atoms with Gasteiger partial charge in [-0.1, -0.05) is 140 Å². The Morgan fingerprint density at radius 1 is 0.547 bits per heavy atom. The number of para-hydroxylation sites is 2. The first-order valence-electron chi connectivity index (χ1n) is 17.5. The molecule has 8 aromatic rings. The van der Waals surface area contributed by atoms with Crippen LogP contribution >= 0.6 is 0 Å². The number of hydrogen-bond acceptors (Lipinski definition) is 4. The van der Waals surface area contributed by atoms with Gasteiger partial charge in [-0.15, -0.1) is 23.8 Å². The average molecular weight is 866 g/mol. The van der Waals surface area contributed by atoms with Gasteiger partial charge in [0.05, 0.1) is 5.69 Å². The van der Waals surface area contributed by atoms with Crippen LogP contribution in [-0.4, -0.2) is 15.1 Å². The van der Waals surface area contributed by atoms with Crippen molar-refractivity contribution in [3.05, 3.63) is 205 Å². The smallest absolute Gasteiger partial charge is 0.136 e. The van der Waals surface area contributed by atoms with Gasteiger partial charge in [-0.2, -0.15) is 0 Å². The first kappa shape index (κ1) is 35.3. The predicted octanol–water partition coefficient (Wildman–Crippen LogP) is 12.3. The molecule has 2 aromatic heterocycles. The molecule has 1 N–H and O–H groups in total. The van der Waals surface area contributed by atoms with Crippen LogP contribution in [0.15, 0.2) is 188 Å². The van der Waals surface area contributed by atoms with E-state index in [1.54, 1.807) is 6.07 Å². The minimum Gasteiger partial charge on any atom is -0.507 e. The summed E-state index contributed by atoms with van der Waals surface area (Å²) in [5.74, 6) is 1.22. The van der Waals surface area contributed by atoms with E-state index in [-0.39, 0.29) is 32.7 Å². The second kappa shape index (κ2) is 16.1. The van der Waals surface area contributed by atoms with Crippen LogP contribution in [0, 0.1) is 6.07 Å². The molecule has 0 saturated heterocycles. The van der Waals surface area contributed by atoms with Crippen molar-refractivity contribution in [1.82, 2.24) is 9.97 Å². The molecule has 0 aliphatic carbocycles. The Morgan fingerprint density at radius 3 is 1.83 bits per heavy atom. The molecule has 0 aliphatic heterocycles. The number of pyridine rings is 2. The Labute approximate surface area is 325 Å². The van der Waals surface area contributed by atoms with Crippen LogP contribution in [-0.2, 0) is 21.1 Å². The monoisotopic (exact) mass is 865 g/mol. The summed E-state index contributed by atoms with van der Waals surface area (Å²) in [6.45, 7) is 2.24. The molecule has 6 aromatic carbocycles. The molecule has 0 aliphatic rings. The fourth-order valence-corrected chi connectivity index (χ4v) is 6.63. The molecule has 0 fully saturated rings. The van der Waals surface area contributed by atoms with Gasteiger partial charge in [0.2, 0.25) is 0 Å². The zero-order chi connectivity index (χ0) is 35.3. The maximum atomic E-state index is 11.0. The Hall–Kier alpha value is -6.09. The number of phenols is 1. The van der Waals surface area contributed by atoms with Crippen LogP contribution in [0.2, 0.25) is 0 Å². The third-order valence-corrected chi connectivity index (χ3v) is 9.42. The average Bonchev–Trinajstić information content (AvgIpc) is 3.22. The van der Waals surface area contributed by atoms with Crippen LogP contribution in [0.4, 0.5) is 17.2 Å². The third kappa shape index (κ3) is 7.74. The predicted molar refractivity (Wildman–Crippen MR) is 213 cm³/mol. The number of hydrogen-bond donors (Lipinski definition) is 1. The topological polar surface area (TPSA) is 49.2 Å². The fourth-order valence-electron chi connectivity index (χ4n) is 6.63. The minimum absolute atomic E-state index is 0. The molecule has 0 amide bonds. The van der Waals surface area contributed by atoms with Crippen molar-refractivity contribution >= 4 is 17.2 Å². The molecule has 0 saturated carbocycles. The second-order valence-corrected chi connectivity index (χ2v) is 12.8. The third-order valence-electron chi connectivity index (χ3n) is 9.42. The van der Waals surface area contributed by atoms with Crippen LogP contribution in [0.5, 0.6) is 5.75 Å². The number of anilines is 3. The Balaban J connectivity index is 0.00000435. The van der Waals surface area contributed by atoms with Crippen molar-refractivity contribution in [2.75, 3.05) is 4.90 Å². The number of rotatable bonds is 9. The first-order valence-corrected chi connectivity index (χ1v) is 17.5. The van der Waals surface area contributed by atoms with E-state index in [1.165, 1.54) is 11.1 Å². The molecule has 0 bridgehead atoms. The Bertz CT molecular complexity index is 2380. The van der Waals surface area contributed by atoms with Gasteiger partial charge < -0.3 is 10.0 Å². The van der Waals surface area contributed by atoms with Gasteiger partial charge in [-0.3, -0.25) is 4.98 Å². The van der Waals surface area contributed by atoms with Gasteiger partial charge in [0.25, 0.3) is 0 Å². The van der Waals surface area contributed by atoms with Crippen LogP contribution in [0.25, 0.3) is 44.8 Å². The molecule has 260 valence electrons. The van der Waals surface area contributed by atoms with E-state index in [0.717, 1.165) is 50.7 Å². The number of aromatic nitrogens is 2. The molecule has 5 heteroatoms. The molecule has 8 rings (SSSR count). The molecule has 2 heterocycles. The summed E-state index contributed by atoms with van der Waals surface area (Å²) < 4.78 is 0. The standard InChI is InChI=1S/C48H36N3O.Pt/c1-34(35-15-5-2-6-16-35)36-24-26-38(27-25-36)40-32-45(50-46(33-40)44-21-11-12-22-47(44)52)41-29-39(37-17-7-3-8-18-37)30-43(31-41)51(42-19-9-4-10-20-42)48-23-13-14-28-49-48;/h2-30,32-34,52H,1H3;/q-1;. The maximum absolute atomic E-state index is 11.0. The molecule has 4 nitrogen and oxygen atoms in total. The summed E-state index contributed by atoms with van der Waals surface area (Å²) in [6, 6.07) is 65.4. The van der Waals surface area contributed by atoms with Crippen molar-refractivity contribution in [2.24, 2.45) is 0 Å². The summed E-state index contributed by atoms with van der Waals surface area (Å²) in [5, 5.41) is 11.0.